The molecular weight excluding hydrogens is 386 g/mol. The zero-order valence-corrected chi connectivity index (χ0v) is 16.7. The summed E-state index contributed by atoms with van der Waals surface area (Å²) in [6.07, 6.45) is -0.428. The molecule has 0 spiro atoms. The average Bonchev–Trinajstić information content (AvgIpc) is 2.72. The van der Waals surface area contributed by atoms with Crippen molar-refractivity contribution in [1.29, 1.82) is 0 Å². The van der Waals surface area contributed by atoms with Gasteiger partial charge in [-0.25, -0.2) is 0 Å². The minimum Gasteiger partial charge on any atom is -0.481 e. The van der Waals surface area contributed by atoms with Gasteiger partial charge in [-0.05, 0) is 29.7 Å². The van der Waals surface area contributed by atoms with Gasteiger partial charge in [-0.15, -0.1) is 0 Å². The Balaban J connectivity index is 2.26. The van der Waals surface area contributed by atoms with E-state index in [4.69, 9.17) is 10.8 Å². The number of nitrogens with two attached hydrogens (primary N) is 1. The molecule has 30 heavy (non-hydrogen) atoms. The SMILES string of the molecule is CC(=O)NCCN(C(=O)c1ccc(-c2ccccc2)cc1)[C@@H](CCC(=O)O)C(N)=O. The quantitative estimate of drug-likeness (QED) is 0.547. The van der Waals surface area contributed by atoms with Gasteiger partial charge in [-0.3, -0.25) is 19.2 Å². The Kier molecular flexibility index (Phi) is 8.10. The van der Waals surface area contributed by atoms with Gasteiger partial charge in [0.25, 0.3) is 5.91 Å². The third-order valence-corrected chi connectivity index (χ3v) is 4.56. The van der Waals surface area contributed by atoms with Gasteiger partial charge < -0.3 is 21.1 Å². The summed E-state index contributed by atoms with van der Waals surface area (Å²) >= 11 is 0. The fourth-order valence-corrected chi connectivity index (χ4v) is 3.06. The van der Waals surface area contributed by atoms with Gasteiger partial charge in [0.2, 0.25) is 11.8 Å². The molecular formula is C22H25N3O5. The van der Waals surface area contributed by atoms with Crippen molar-refractivity contribution >= 4 is 23.7 Å². The maximum atomic E-state index is 13.1. The number of carboxylic acid groups (broad SMARTS) is 1. The molecule has 0 bridgehead atoms. The molecule has 2 aromatic rings. The lowest BCUT2D eigenvalue weighted by molar-refractivity contribution is -0.137. The summed E-state index contributed by atoms with van der Waals surface area (Å²) in [6, 6.07) is 15.4. The van der Waals surface area contributed by atoms with Crippen molar-refractivity contribution < 1.29 is 24.3 Å². The fourth-order valence-electron chi connectivity index (χ4n) is 3.06. The van der Waals surface area contributed by atoms with Crippen LogP contribution >= 0.6 is 0 Å². The van der Waals surface area contributed by atoms with Crippen LogP contribution in [-0.4, -0.2) is 52.8 Å². The molecule has 0 saturated carbocycles. The number of nitrogens with one attached hydrogen (secondary N) is 1. The summed E-state index contributed by atoms with van der Waals surface area (Å²) < 4.78 is 0. The lowest BCUT2D eigenvalue weighted by Gasteiger charge is -2.30. The molecule has 0 unspecified atom stereocenters. The van der Waals surface area contributed by atoms with Gasteiger partial charge in [0, 0.05) is 32.0 Å². The van der Waals surface area contributed by atoms with Gasteiger partial charge in [0.05, 0.1) is 0 Å². The summed E-state index contributed by atoms with van der Waals surface area (Å²) in [5.41, 5.74) is 7.71. The van der Waals surface area contributed by atoms with Gasteiger partial charge in [-0.1, -0.05) is 42.5 Å². The van der Waals surface area contributed by atoms with Crippen LogP contribution in [0.1, 0.15) is 30.1 Å². The highest BCUT2D eigenvalue weighted by molar-refractivity contribution is 5.98. The Morgan fingerprint density at radius 3 is 2.13 bits per heavy atom. The molecule has 0 aliphatic heterocycles. The van der Waals surface area contributed by atoms with E-state index >= 15 is 0 Å². The molecule has 2 rings (SSSR count). The zero-order valence-electron chi connectivity index (χ0n) is 16.7. The number of hydrogen-bond acceptors (Lipinski definition) is 4. The van der Waals surface area contributed by atoms with Crippen LogP contribution in [0.4, 0.5) is 0 Å². The van der Waals surface area contributed by atoms with Crippen LogP contribution in [0.25, 0.3) is 11.1 Å². The van der Waals surface area contributed by atoms with Crippen LogP contribution in [0.5, 0.6) is 0 Å². The first-order valence-electron chi connectivity index (χ1n) is 9.51. The molecule has 0 aromatic heterocycles. The number of primary amides is 1. The van der Waals surface area contributed by atoms with Gasteiger partial charge >= 0.3 is 5.97 Å². The third-order valence-electron chi connectivity index (χ3n) is 4.56. The molecule has 0 fully saturated rings. The zero-order chi connectivity index (χ0) is 22.1. The van der Waals surface area contributed by atoms with E-state index in [1.807, 2.05) is 30.3 Å². The molecule has 8 nitrogen and oxygen atoms in total. The van der Waals surface area contributed by atoms with E-state index in [1.165, 1.54) is 11.8 Å². The third kappa shape index (κ3) is 6.44. The normalized spacial score (nSPS) is 11.4. The minimum absolute atomic E-state index is 0.0199. The van der Waals surface area contributed by atoms with Gasteiger partial charge in [-0.2, -0.15) is 0 Å². The van der Waals surface area contributed by atoms with E-state index in [0.717, 1.165) is 11.1 Å². The summed E-state index contributed by atoms with van der Waals surface area (Å²) in [4.78, 5) is 48.4. The first-order valence-corrected chi connectivity index (χ1v) is 9.51. The highest BCUT2D eigenvalue weighted by Crippen LogP contribution is 2.20. The Hall–Kier alpha value is -3.68. The second kappa shape index (κ2) is 10.8. The monoisotopic (exact) mass is 411 g/mol. The topological polar surface area (TPSA) is 130 Å². The fraction of sp³-hybridized carbons (Fsp3) is 0.273. The molecule has 2 aromatic carbocycles. The summed E-state index contributed by atoms with van der Waals surface area (Å²) in [5.74, 6) is -2.64. The van der Waals surface area contributed by atoms with E-state index in [9.17, 15) is 19.2 Å². The summed E-state index contributed by atoms with van der Waals surface area (Å²) in [6.45, 7) is 1.47. The van der Waals surface area contributed by atoms with Crippen LogP contribution in [0.15, 0.2) is 54.6 Å². The van der Waals surface area contributed by atoms with Gasteiger partial charge in [0.15, 0.2) is 0 Å². The molecule has 0 aliphatic rings. The van der Waals surface area contributed by atoms with Crippen molar-refractivity contribution in [3.63, 3.8) is 0 Å². The summed E-state index contributed by atoms with van der Waals surface area (Å²) in [7, 11) is 0. The van der Waals surface area contributed by atoms with Crippen molar-refractivity contribution in [1.82, 2.24) is 10.2 Å². The average molecular weight is 411 g/mol. The van der Waals surface area contributed by atoms with Crippen LogP contribution in [0, 0.1) is 0 Å². The molecule has 0 heterocycles. The van der Waals surface area contributed by atoms with E-state index in [-0.39, 0.29) is 31.8 Å². The van der Waals surface area contributed by atoms with E-state index < -0.39 is 23.8 Å². The Labute approximate surface area is 174 Å². The van der Waals surface area contributed by atoms with Crippen LogP contribution in [0.3, 0.4) is 0 Å². The van der Waals surface area contributed by atoms with Crippen LogP contribution in [-0.2, 0) is 14.4 Å². The van der Waals surface area contributed by atoms with Crippen molar-refractivity contribution in [2.24, 2.45) is 5.73 Å². The van der Waals surface area contributed by atoms with E-state index in [2.05, 4.69) is 5.32 Å². The number of hydrogen-bond donors (Lipinski definition) is 3. The highest BCUT2D eigenvalue weighted by Gasteiger charge is 2.29. The molecule has 1 atom stereocenters. The number of carboxylic acids is 1. The van der Waals surface area contributed by atoms with Crippen LogP contribution < -0.4 is 11.1 Å². The summed E-state index contributed by atoms with van der Waals surface area (Å²) in [5, 5.41) is 11.5. The standard InChI is InChI=1S/C22H25N3O5/c1-15(26)24-13-14-25(19(21(23)29)11-12-20(27)28)22(30)18-9-7-17(8-10-18)16-5-3-2-4-6-16/h2-10,19H,11-14H2,1H3,(H2,23,29)(H,24,26)(H,27,28)/t19-/m0/s1. The first kappa shape index (κ1) is 22.6. The number of nitrogens with zero attached hydrogens (tertiary/aromatic N) is 1. The molecule has 8 heteroatoms. The minimum atomic E-state index is -1.10. The highest BCUT2D eigenvalue weighted by atomic mass is 16.4. The Bertz CT molecular complexity index is 897. The largest absolute Gasteiger partial charge is 0.481 e. The predicted molar refractivity (Wildman–Crippen MR) is 111 cm³/mol. The smallest absolute Gasteiger partial charge is 0.303 e. The van der Waals surface area contributed by atoms with Crippen molar-refractivity contribution in [2.75, 3.05) is 13.1 Å². The molecule has 3 amide bonds. The van der Waals surface area contributed by atoms with E-state index in [1.54, 1.807) is 24.3 Å². The first-order chi connectivity index (χ1) is 14.3. The number of amides is 3. The lowest BCUT2D eigenvalue weighted by atomic mass is 10.0. The van der Waals surface area contributed by atoms with Crippen molar-refractivity contribution in [3.8, 4) is 11.1 Å². The van der Waals surface area contributed by atoms with E-state index in [0.29, 0.717) is 5.56 Å². The molecule has 0 aliphatic carbocycles. The van der Waals surface area contributed by atoms with Crippen molar-refractivity contribution in [2.45, 2.75) is 25.8 Å². The number of carbonyl (C=O) groups excluding carboxylic acids is 3. The molecule has 158 valence electrons. The maximum Gasteiger partial charge on any atom is 0.303 e. The Morgan fingerprint density at radius 1 is 1.00 bits per heavy atom. The number of benzene rings is 2. The lowest BCUT2D eigenvalue weighted by Crippen LogP contribution is -2.50. The second-order valence-corrected chi connectivity index (χ2v) is 6.78. The molecule has 0 saturated heterocycles. The van der Waals surface area contributed by atoms with Crippen molar-refractivity contribution in [3.05, 3.63) is 60.2 Å². The second-order valence-electron chi connectivity index (χ2n) is 6.78. The van der Waals surface area contributed by atoms with Crippen LogP contribution in [0.2, 0.25) is 0 Å². The van der Waals surface area contributed by atoms with Gasteiger partial charge in [0.1, 0.15) is 6.04 Å². The number of carbonyl (C=O) groups is 4. The predicted octanol–water partition coefficient (Wildman–Crippen LogP) is 1.65. The maximum absolute atomic E-state index is 13.1. The molecule has 0 radical (unpaired) electrons. The molecule has 4 N–H and O–H groups in total. The number of aliphatic carboxylic acids is 1. The Morgan fingerprint density at radius 2 is 1.60 bits per heavy atom. The number of rotatable bonds is 10.